The molecule has 1 atom stereocenters. The third-order valence-electron chi connectivity index (χ3n) is 3.67. The van der Waals surface area contributed by atoms with Gasteiger partial charge in [0.25, 0.3) is 0 Å². The van der Waals surface area contributed by atoms with Crippen molar-refractivity contribution in [1.82, 2.24) is 5.32 Å². The molecule has 1 aliphatic heterocycles. The van der Waals surface area contributed by atoms with Crippen molar-refractivity contribution in [3.05, 3.63) is 33.8 Å². The summed E-state index contributed by atoms with van der Waals surface area (Å²) < 4.78 is 0. The van der Waals surface area contributed by atoms with Crippen molar-refractivity contribution in [3.8, 4) is 0 Å². The third kappa shape index (κ3) is 2.87. The van der Waals surface area contributed by atoms with Gasteiger partial charge in [0.05, 0.1) is 0 Å². The van der Waals surface area contributed by atoms with E-state index in [2.05, 4.69) is 5.32 Å². The molecule has 0 spiro atoms. The van der Waals surface area contributed by atoms with Gasteiger partial charge in [-0.2, -0.15) is 0 Å². The van der Waals surface area contributed by atoms with Crippen LogP contribution in [0, 0.1) is 5.41 Å². The van der Waals surface area contributed by atoms with Gasteiger partial charge >= 0.3 is 0 Å². The SMILES string of the molecule is CC1(C(=O)Cc2c(Cl)cccc2Cl)CCCNC1. The molecule has 0 aromatic heterocycles. The number of rotatable bonds is 3. The second kappa shape index (κ2) is 5.60. The van der Waals surface area contributed by atoms with Gasteiger partial charge in [-0.15, -0.1) is 0 Å². The smallest absolute Gasteiger partial charge is 0.144 e. The fraction of sp³-hybridized carbons (Fsp3) is 0.500. The van der Waals surface area contributed by atoms with Gasteiger partial charge in [0.2, 0.25) is 0 Å². The third-order valence-corrected chi connectivity index (χ3v) is 4.38. The molecular weight excluding hydrogens is 269 g/mol. The average Bonchev–Trinajstić information content (AvgIpc) is 2.34. The van der Waals surface area contributed by atoms with Gasteiger partial charge in [-0.3, -0.25) is 4.79 Å². The molecule has 1 unspecified atom stereocenters. The van der Waals surface area contributed by atoms with Gasteiger partial charge < -0.3 is 5.32 Å². The molecule has 18 heavy (non-hydrogen) atoms. The topological polar surface area (TPSA) is 29.1 Å². The van der Waals surface area contributed by atoms with Crippen molar-refractivity contribution in [2.75, 3.05) is 13.1 Å². The van der Waals surface area contributed by atoms with Crippen LogP contribution < -0.4 is 5.32 Å². The number of carbonyl (C=O) groups is 1. The summed E-state index contributed by atoms with van der Waals surface area (Å²) in [5.41, 5.74) is 0.457. The number of hydrogen-bond donors (Lipinski definition) is 1. The van der Waals surface area contributed by atoms with E-state index in [1.165, 1.54) is 0 Å². The van der Waals surface area contributed by atoms with Gasteiger partial charge in [0, 0.05) is 28.4 Å². The number of piperidine rings is 1. The molecule has 1 saturated heterocycles. The van der Waals surface area contributed by atoms with Gasteiger partial charge in [-0.1, -0.05) is 36.2 Å². The molecule has 4 heteroatoms. The minimum absolute atomic E-state index is 0.213. The number of halogens is 2. The number of ketones is 1. The van der Waals surface area contributed by atoms with Crippen LogP contribution in [-0.2, 0) is 11.2 Å². The van der Waals surface area contributed by atoms with E-state index in [0.29, 0.717) is 16.5 Å². The molecule has 0 bridgehead atoms. The quantitative estimate of drug-likeness (QED) is 0.921. The first-order valence-electron chi connectivity index (χ1n) is 6.20. The second-order valence-corrected chi connectivity index (χ2v) is 5.96. The molecular formula is C14H17Cl2NO. The molecule has 0 radical (unpaired) electrons. The molecule has 2 rings (SSSR count). The van der Waals surface area contributed by atoms with Gasteiger partial charge in [-0.25, -0.2) is 0 Å². The largest absolute Gasteiger partial charge is 0.316 e. The molecule has 0 saturated carbocycles. The van der Waals surface area contributed by atoms with Gasteiger partial charge in [0.15, 0.2) is 0 Å². The average molecular weight is 286 g/mol. The first-order valence-corrected chi connectivity index (χ1v) is 6.95. The normalized spacial score (nSPS) is 23.9. The fourth-order valence-corrected chi connectivity index (χ4v) is 2.90. The van der Waals surface area contributed by atoms with Crippen LogP contribution in [0.5, 0.6) is 0 Å². The molecule has 1 aromatic carbocycles. The van der Waals surface area contributed by atoms with Crippen molar-refractivity contribution in [2.45, 2.75) is 26.2 Å². The lowest BCUT2D eigenvalue weighted by molar-refractivity contribution is -0.128. The van der Waals surface area contributed by atoms with E-state index in [1.54, 1.807) is 18.2 Å². The summed E-state index contributed by atoms with van der Waals surface area (Å²) in [7, 11) is 0. The van der Waals surface area contributed by atoms with E-state index in [9.17, 15) is 4.79 Å². The number of hydrogen-bond acceptors (Lipinski definition) is 2. The highest BCUT2D eigenvalue weighted by molar-refractivity contribution is 6.36. The maximum absolute atomic E-state index is 12.4. The fourth-order valence-electron chi connectivity index (χ4n) is 2.37. The van der Waals surface area contributed by atoms with Crippen LogP contribution in [0.2, 0.25) is 10.0 Å². The van der Waals surface area contributed by atoms with E-state index in [-0.39, 0.29) is 11.2 Å². The Morgan fingerprint density at radius 1 is 1.39 bits per heavy atom. The van der Waals surface area contributed by atoms with Crippen molar-refractivity contribution >= 4 is 29.0 Å². The predicted molar refractivity (Wildman–Crippen MR) is 75.4 cm³/mol. The zero-order valence-electron chi connectivity index (χ0n) is 10.4. The summed E-state index contributed by atoms with van der Waals surface area (Å²) >= 11 is 12.2. The number of Topliss-reactive ketones (excluding diaryl/α,β-unsaturated/α-hetero) is 1. The first-order chi connectivity index (χ1) is 8.53. The Bertz CT molecular complexity index is 433. The van der Waals surface area contributed by atoms with Crippen molar-refractivity contribution in [1.29, 1.82) is 0 Å². The molecule has 1 fully saturated rings. The summed E-state index contributed by atoms with van der Waals surface area (Å²) in [6, 6.07) is 5.34. The summed E-state index contributed by atoms with van der Waals surface area (Å²) in [4.78, 5) is 12.4. The Kier molecular flexibility index (Phi) is 4.31. The Morgan fingerprint density at radius 3 is 2.61 bits per heavy atom. The minimum Gasteiger partial charge on any atom is -0.316 e. The molecule has 1 aromatic rings. The Labute approximate surface area is 118 Å². The lowest BCUT2D eigenvalue weighted by atomic mass is 9.77. The standard InChI is InChI=1S/C14H17Cl2NO/c1-14(6-3-7-17-9-14)13(18)8-10-11(15)4-2-5-12(10)16/h2,4-5,17H,3,6-9H2,1H3. The summed E-state index contributed by atoms with van der Waals surface area (Å²) in [5.74, 6) is 0.213. The van der Waals surface area contributed by atoms with Crippen molar-refractivity contribution in [3.63, 3.8) is 0 Å². The minimum atomic E-state index is -0.291. The Balaban J connectivity index is 2.16. The molecule has 1 N–H and O–H groups in total. The molecule has 0 aliphatic carbocycles. The summed E-state index contributed by atoms with van der Waals surface area (Å²) in [6.45, 7) is 3.76. The molecule has 0 amide bonds. The summed E-state index contributed by atoms with van der Waals surface area (Å²) in [6.07, 6.45) is 2.29. The molecule has 1 aliphatic rings. The maximum atomic E-state index is 12.4. The van der Waals surface area contributed by atoms with Crippen LogP contribution in [0.15, 0.2) is 18.2 Å². The first kappa shape index (κ1) is 13.9. The lowest BCUT2D eigenvalue weighted by Crippen LogP contribution is -2.44. The Hall–Kier alpha value is -0.570. The zero-order chi connectivity index (χ0) is 13.2. The number of benzene rings is 1. The predicted octanol–water partition coefficient (Wildman–Crippen LogP) is 3.49. The number of nitrogens with one attached hydrogen (secondary N) is 1. The van der Waals surface area contributed by atoms with Crippen LogP contribution in [0.3, 0.4) is 0 Å². The second-order valence-electron chi connectivity index (χ2n) is 5.14. The number of carbonyl (C=O) groups excluding carboxylic acids is 1. The molecule has 2 nitrogen and oxygen atoms in total. The summed E-state index contributed by atoms with van der Waals surface area (Å²) in [5, 5.41) is 4.43. The van der Waals surface area contributed by atoms with Crippen LogP contribution in [0.1, 0.15) is 25.3 Å². The van der Waals surface area contributed by atoms with Crippen LogP contribution in [0.4, 0.5) is 0 Å². The maximum Gasteiger partial charge on any atom is 0.144 e. The highest BCUT2D eigenvalue weighted by Gasteiger charge is 2.34. The Morgan fingerprint density at radius 2 is 2.06 bits per heavy atom. The van der Waals surface area contributed by atoms with E-state index in [4.69, 9.17) is 23.2 Å². The van der Waals surface area contributed by atoms with Crippen LogP contribution in [0.25, 0.3) is 0 Å². The highest BCUT2D eigenvalue weighted by Crippen LogP contribution is 2.31. The molecule has 98 valence electrons. The van der Waals surface area contributed by atoms with E-state index < -0.39 is 0 Å². The van der Waals surface area contributed by atoms with Crippen LogP contribution >= 0.6 is 23.2 Å². The van der Waals surface area contributed by atoms with E-state index in [0.717, 1.165) is 31.5 Å². The lowest BCUT2D eigenvalue weighted by Gasteiger charge is -2.32. The van der Waals surface area contributed by atoms with E-state index in [1.807, 2.05) is 6.92 Å². The highest BCUT2D eigenvalue weighted by atomic mass is 35.5. The van der Waals surface area contributed by atoms with Crippen molar-refractivity contribution < 1.29 is 4.79 Å². The van der Waals surface area contributed by atoms with Crippen molar-refractivity contribution in [2.24, 2.45) is 5.41 Å². The zero-order valence-corrected chi connectivity index (χ0v) is 11.9. The van der Waals surface area contributed by atoms with E-state index >= 15 is 0 Å². The van der Waals surface area contributed by atoms with Gasteiger partial charge in [-0.05, 0) is 37.1 Å². The van der Waals surface area contributed by atoms with Gasteiger partial charge in [0.1, 0.15) is 5.78 Å². The monoisotopic (exact) mass is 285 g/mol. The molecule has 1 heterocycles. The van der Waals surface area contributed by atoms with Crippen LogP contribution in [-0.4, -0.2) is 18.9 Å².